The standard InChI is InChI=1S/C9H12O4/c1-8(10)13-7-5-3-4-6-9(11)12-2/h3-6H,7H2,1-2H3. The Balaban J connectivity index is 3.57. The van der Waals surface area contributed by atoms with Crippen molar-refractivity contribution in [2.75, 3.05) is 13.7 Å². The van der Waals surface area contributed by atoms with Crippen molar-refractivity contribution in [1.82, 2.24) is 0 Å². The van der Waals surface area contributed by atoms with Crippen LogP contribution >= 0.6 is 0 Å². The van der Waals surface area contributed by atoms with Crippen LogP contribution in [-0.2, 0) is 19.1 Å². The summed E-state index contributed by atoms with van der Waals surface area (Å²) < 4.78 is 8.95. The van der Waals surface area contributed by atoms with Gasteiger partial charge >= 0.3 is 11.9 Å². The van der Waals surface area contributed by atoms with E-state index >= 15 is 0 Å². The van der Waals surface area contributed by atoms with Gasteiger partial charge in [-0.1, -0.05) is 12.2 Å². The zero-order chi connectivity index (χ0) is 10.1. The third-order valence-corrected chi connectivity index (χ3v) is 1.06. The number of carbonyl (C=O) groups excluding carboxylic acids is 2. The van der Waals surface area contributed by atoms with Crippen LogP contribution in [-0.4, -0.2) is 25.7 Å². The molecule has 4 nitrogen and oxygen atoms in total. The average molecular weight is 184 g/mol. The van der Waals surface area contributed by atoms with Crippen molar-refractivity contribution in [3.05, 3.63) is 24.3 Å². The number of hydrogen-bond acceptors (Lipinski definition) is 4. The van der Waals surface area contributed by atoms with E-state index in [2.05, 4.69) is 9.47 Å². The Bertz CT molecular complexity index is 228. The van der Waals surface area contributed by atoms with Crippen LogP contribution in [0.1, 0.15) is 6.92 Å². The van der Waals surface area contributed by atoms with E-state index in [1.807, 2.05) is 0 Å². The van der Waals surface area contributed by atoms with Crippen molar-refractivity contribution in [2.45, 2.75) is 6.92 Å². The van der Waals surface area contributed by atoms with Crippen LogP contribution in [0.2, 0.25) is 0 Å². The molecule has 13 heavy (non-hydrogen) atoms. The normalized spacial score (nSPS) is 10.6. The zero-order valence-electron chi connectivity index (χ0n) is 7.65. The summed E-state index contributed by atoms with van der Waals surface area (Å²) >= 11 is 0. The average Bonchev–Trinajstić information content (AvgIpc) is 2.10. The third-order valence-electron chi connectivity index (χ3n) is 1.06. The van der Waals surface area contributed by atoms with Gasteiger partial charge in [0.25, 0.3) is 0 Å². The van der Waals surface area contributed by atoms with Crippen molar-refractivity contribution in [3.8, 4) is 0 Å². The number of allylic oxidation sites excluding steroid dienone is 2. The molecule has 0 aliphatic heterocycles. The first-order valence-electron chi connectivity index (χ1n) is 3.71. The predicted molar refractivity (Wildman–Crippen MR) is 46.9 cm³/mol. The molecule has 0 atom stereocenters. The molecular weight excluding hydrogens is 172 g/mol. The molecule has 0 unspecified atom stereocenters. The van der Waals surface area contributed by atoms with E-state index in [1.165, 1.54) is 26.2 Å². The minimum Gasteiger partial charge on any atom is -0.466 e. The van der Waals surface area contributed by atoms with E-state index in [9.17, 15) is 9.59 Å². The molecule has 0 aliphatic carbocycles. The Morgan fingerprint density at radius 2 is 2.00 bits per heavy atom. The molecule has 0 heterocycles. The van der Waals surface area contributed by atoms with Gasteiger partial charge < -0.3 is 9.47 Å². The number of ether oxygens (including phenoxy) is 2. The molecule has 0 aliphatic rings. The van der Waals surface area contributed by atoms with Gasteiger partial charge in [-0.3, -0.25) is 4.79 Å². The Labute approximate surface area is 76.8 Å². The number of carbonyl (C=O) groups is 2. The number of rotatable bonds is 4. The summed E-state index contributed by atoms with van der Waals surface area (Å²) in [6.45, 7) is 1.54. The fourth-order valence-electron chi connectivity index (χ4n) is 0.502. The maximum absolute atomic E-state index is 10.5. The van der Waals surface area contributed by atoms with Crippen LogP contribution in [0.25, 0.3) is 0 Å². The number of methoxy groups -OCH3 is 1. The first-order chi connectivity index (χ1) is 6.16. The highest BCUT2D eigenvalue weighted by Crippen LogP contribution is 1.82. The van der Waals surface area contributed by atoms with Gasteiger partial charge in [0.15, 0.2) is 0 Å². The fourth-order valence-corrected chi connectivity index (χ4v) is 0.502. The summed E-state index contributed by atoms with van der Waals surface area (Å²) in [5, 5.41) is 0. The molecule has 0 saturated heterocycles. The van der Waals surface area contributed by atoms with E-state index in [4.69, 9.17) is 0 Å². The van der Waals surface area contributed by atoms with Crippen LogP contribution in [0.4, 0.5) is 0 Å². The minimum atomic E-state index is -0.419. The lowest BCUT2D eigenvalue weighted by molar-refractivity contribution is -0.139. The topological polar surface area (TPSA) is 52.6 Å². The van der Waals surface area contributed by atoms with Gasteiger partial charge in [-0.15, -0.1) is 0 Å². The summed E-state index contributed by atoms with van der Waals surface area (Å²) in [7, 11) is 1.30. The number of esters is 2. The highest BCUT2D eigenvalue weighted by atomic mass is 16.5. The van der Waals surface area contributed by atoms with Crippen molar-refractivity contribution in [3.63, 3.8) is 0 Å². The molecule has 0 amide bonds. The van der Waals surface area contributed by atoms with E-state index < -0.39 is 5.97 Å². The molecule has 0 saturated carbocycles. The second kappa shape index (κ2) is 7.09. The van der Waals surface area contributed by atoms with E-state index in [0.717, 1.165) is 0 Å². The fraction of sp³-hybridized carbons (Fsp3) is 0.333. The van der Waals surface area contributed by atoms with Crippen molar-refractivity contribution >= 4 is 11.9 Å². The van der Waals surface area contributed by atoms with Gasteiger partial charge in [0.05, 0.1) is 7.11 Å². The lowest BCUT2D eigenvalue weighted by Crippen LogP contribution is -1.97. The van der Waals surface area contributed by atoms with Gasteiger partial charge in [-0.05, 0) is 6.08 Å². The van der Waals surface area contributed by atoms with Gasteiger partial charge in [-0.2, -0.15) is 0 Å². The molecule has 0 rings (SSSR count). The summed E-state index contributed by atoms with van der Waals surface area (Å²) in [5.41, 5.74) is 0. The maximum atomic E-state index is 10.5. The van der Waals surface area contributed by atoms with Crippen LogP contribution in [0.3, 0.4) is 0 Å². The molecule has 0 aromatic carbocycles. The van der Waals surface area contributed by atoms with Crippen LogP contribution in [0.5, 0.6) is 0 Å². The Hall–Kier alpha value is -1.58. The third kappa shape index (κ3) is 8.33. The molecular formula is C9H12O4. The van der Waals surface area contributed by atoms with Gasteiger partial charge in [-0.25, -0.2) is 4.79 Å². The molecule has 0 N–H and O–H groups in total. The van der Waals surface area contributed by atoms with Crippen LogP contribution in [0.15, 0.2) is 24.3 Å². The molecule has 0 radical (unpaired) electrons. The van der Waals surface area contributed by atoms with Gasteiger partial charge in [0, 0.05) is 13.0 Å². The summed E-state index contributed by atoms with van der Waals surface area (Å²) in [4.78, 5) is 20.8. The van der Waals surface area contributed by atoms with Crippen LogP contribution in [0, 0.1) is 0 Å². The maximum Gasteiger partial charge on any atom is 0.330 e. The largest absolute Gasteiger partial charge is 0.466 e. The molecule has 0 aromatic heterocycles. The highest BCUT2D eigenvalue weighted by molar-refractivity contribution is 5.82. The molecule has 0 bridgehead atoms. The predicted octanol–water partition coefficient (Wildman–Crippen LogP) is 0.835. The first-order valence-corrected chi connectivity index (χ1v) is 3.71. The second-order valence-corrected chi connectivity index (χ2v) is 2.11. The summed E-state index contributed by atoms with van der Waals surface area (Å²) in [6.07, 6.45) is 5.99. The van der Waals surface area contributed by atoms with Crippen molar-refractivity contribution < 1.29 is 19.1 Å². The van der Waals surface area contributed by atoms with E-state index in [1.54, 1.807) is 12.2 Å². The summed E-state index contributed by atoms with van der Waals surface area (Å²) in [5.74, 6) is -0.751. The smallest absolute Gasteiger partial charge is 0.330 e. The van der Waals surface area contributed by atoms with E-state index in [-0.39, 0.29) is 12.6 Å². The highest BCUT2D eigenvalue weighted by Gasteiger charge is 1.87. The lowest BCUT2D eigenvalue weighted by atomic mass is 10.4. The molecule has 72 valence electrons. The van der Waals surface area contributed by atoms with Crippen molar-refractivity contribution in [1.29, 1.82) is 0 Å². The SMILES string of the molecule is COC(=O)C=CC=CCOC(C)=O. The Morgan fingerprint density at radius 3 is 2.54 bits per heavy atom. The minimum absolute atomic E-state index is 0.209. The Morgan fingerprint density at radius 1 is 1.31 bits per heavy atom. The molecule has 0 spiro atoms. The second-order valence-electron chi connectivity index (χ2n) is 2.11. The Kier molecular flexibility index (Phi) is 6.23. The zero-order valence-corrected chi connectivity index (χ0v) is 7.65. The molecule has 0 aromatic rings. The molecule has 4 heteroatoms. The molecule has 0 fully saturated rings. The lowest BCUT2D eigenvalue weighted by Gasteiger charge is -1.92. The quantitative estimate of drug-likeness (QED) is 0.369. The van der Waals surface area contributed by atoms with Gasteiger partial charge in [0.2, 0.25) is 0 Å². The van der Waals surface area contributed by atoms with E-state index in [0.29, 0.717) is 0 Å². The summed E-state index contributed by atoms with van der Waals surface area (Å²) in [6, 6.07) is 0. The van der Waals surface area contributed by atoms with Gasteiger partial charge in [0.1, 0.15) is 6.61 Å². The van der Waals surface area contributed by atoms with Crippen molar-refractivity contribution in [2.24, 2.45) is 0 Å². The van der Waals surface area contributed by atoms with Crippen LogP contribution < -0.4 is 0 Å². The monoisotopic (exact) mass is 184 g/mol. The first kappa shape index (κ1) is 11.4. The number of hydrogen-bond donors (Lipinski definition) is 0.